The first kappa shape index (κ1) is 15.0. The molecule has 0 atom stereocenters. The number of hydrogen-bond donors (Lipinski definition) is 2. The molecule has 102 valence electrons. The van der Waals surface area contributed by atoms with Crippen LogP contribution in [0.3, 0.4) is 0 Å². The highest BCUT2D eigenvalue weighted by Crippen LogP contribution is 2.14. The first-order valence-electron chi connectivity index (χ1n) is 7.85. The molecule has 0 bridgehead atoms. The maximum Gasteiger partial charge on any atom is -0.00463 e. The maximum atomic E-state index is 3.60. The summed E-state index contributed by atoms with van der Waals surface area (Å²) >= 11 is 0. The lowest BCUT2D eigenvalue weighted by molar-refractivity contribution is 0.348. The molecule has 17 heavy (non-hydrogen) atoms. The summed E-state index contributed by atoms with van der Waals surface area (Å²) in [7, 11) is 0. The normalized spacial score (nSPS) is 17.5. The molecule has 2 N–H and O–H groups in total. The number of rotatable bonds is 10. The standard InChI is InChI=1S/C15H32N2/c1-2-3-4-5-6-7-11-16-12-8-15-9-13-17-14-10-15/h15-17H,2-14H2,1H3. The highest BCUT2D eigenvalue weighted by molar-refractivity contribution is 4.69. The largest absolute Gasteiger partial charge is 0.317 e. The van der Waals surface area contributed by atoms with E-state index < -0.39 is 0 Å². The van der Waals surface area contributed by atoms with Crippen molar-refractivity contribution < 1.29 is 0 Å². The van der Waals surface area contributed by atoms with Crippen molar-refractivity contribution in [1.82, 2.24) is 10.6 Å². The van der Waals surface area contributed by atoms with Crippen LogP contribution >= 0.6 is 0 Å². The van der Waals surface area contributed by atoms with Gasteiger partial charge in [0.25, 0.3) is 0 Å². The first-order chi connectivity index (χ1) is 8.43. The van der Waals surface area contributed by atoms with Crippen LogP contribution in [0.25, 0.3) is 0 Å². The van der Waals surface area contributed by atoms with Crippen LogP contribution in [-0.4, -0.2) is 26.2 Å². The van der Waals surface area contributed by atoms with Crippen LogP contribution in [0, 0.1) is 5.92 Å². The second kappa shape index (κ2) is 11.0. The van der Waals surface area contributed by atoms with Gasteiger partial charge in [-0.2, -0.15) is 0 Å². The molecular formula is C15H32N2. The van der Waals surface area contributed by atoms with E-state index in [0.717, 1.165) is 5.92 Å². The minimum atomic E-state index is 0.980. The van der Waals surface area contributed by atoms with E-state index in [1.807, 2.05) is 0 Å². The molecule has 1 aliphatic rings. The molecule has 2 nitrogen and oxygen atoms in total. The second-order valence-electron chi connectivity index (χ2n) is 5.50. The molecule has 1 heterocycles. The van der Waals surface area contributed by atoms with Gasteiger partial charge in [-0.25, -0.2) is 0 Å². The van der Waals surface area contributed by atoms with Crippen molar-refractivity contribution in [2.75, 3.05) is 26.2 Å². The summed E-state index contributed by atoms with van der Waals surface area (Å²) in [5.74, 6) is 0.980. The van der Waals surface area contributed by atoms with Crippen LogP contribution in [0.1, 0.15) is 64.7 Å². The fraction of sp³-hybridized carbons (Fsp3) is 1.00. The fourth-order valence-corrected chi connectivity index (χ4v) is 2.63. The van der Waals surface area contributed by atoms with E-state index in [2.05, 4.69) is 17.6 Å². The summed E-state index contributed by atoms with van der Waals surface area (Å²) in [6, 6.07) is 0. The van der Waals surface area contributed by atoms with Crippen LogP contribution < -0.4 is 10.6 Å². The summed E-state index contributed by atoms with van der Waals surface area (Å²) < 4.78 is 0. The molecule has 0 unspecified atom stereocenters. The number of piperidine rings is 1. The van der Waals surface area contributed by atoms with Gasteiger partial charge in [0, 0.05) is 0 Å². The third kappa shape index (κ3) is 8.62. The van der Waals surface area contributed by atoms with E-state index in [1.54, 1.807) is 0 Å². The van der Waals surface area contributed by atoms with E-state index in [1.165, 1.54) is 84.0 Å². The van der Waals surface area contributed by atoms with E-state index >= 15 is 0 Å². The molecule has 1 rings (SSSR count). The summed E-state index contributed by atoms with van der Waals surface area (Å²) in [6.45, 7) is 7.23. The maximum absolute atomic E-state index is 3.60. The zero-order valence-corrected chi connectivity index (χ0v) is 11.8. The van der Waals surface area contributed by atoms with Crippen molar-refractivity contribution in [3.05, 3.63) is 0 Å². The quantitative estimate of drug-likeness (QED) is 0.572. The van der Waals surface area contributed by atoms with Gasteiger partial charge in [0.05, 0.1) is 0 Å². The lowest BCUT2D eigenvalue weighted by atomic mass is 9.95. The molecule has 1 saturated heterocycles. The minimum Gasteiger partial charge on any atom is -0.317 e. The van der Waals surface area contributed by atoms with Crippen molar-refractivity contribution in [1.29, 1.82) is 0 Å². The number of hydrogen-bond acceptors (Lipinski definition) is 2. The summed E-state index contributed by atoms with van der Waals surface area (Å²) in [5.41, 5.74) is 0. The molecule has 0 aromatic heterocycles. The Morgan fingerprint density at radius 1 is 0.941 bits per heavy atom. The lowest BCUT2D eigenvalue weighted by Gasteiger charge is -2.22. The smallest absolute Gasteiger partial charge is 0.00463 e. The Balaban J connectivity index is 1.75. The van der Waals surface area contributed by atoms with Gasteiger partial charge in [-0.1, -0.05) is 39.0 Å². The molecule has 0 amide bonds. The van der Waals surface area contributed by atoms with E-state index in [0.29, 0.717) is 0 Å². The molecule has 1 aliphatic heterocycles. The summed E-state index contributed by atoms with van der Waals surface area (Å²) in [6.07, 6.45) is 12.6. The Morgan fingerprint density at radius 2 is 1.65 bits per heavy atom. The van der Waals surface area contributed by atoms with Gasteiger partial charge in [-0.3, -0.25) is 0 Å². The molecular weight excluding hydrogens is 208 g/mol. The van der Waals surface area contributed by atoms with Gasteiger partial charge in [0.1, 0.15) is 0 Å². The van der Waals surface area contributed by atoms with Gasteiger partial charge in [-0.05, 0) is 57.8 Å². The second-order valence-corrected chi connectivity index (χ2v) is 5.50. The monoisotopic (exact) mass is 240 g/mol. The lowest BCUT2D eigenvalue weighted by Crippen LogP contribution is -2.29. The van der Waals surface area contributed by atoms with Crippen LogP contribution in [-0.2, 0) is 0 Å². The average molecular weight is 240 g/mol. The molecule has 0 saturated carbocycles. The Hall–Kier alpha value is -0.0800. The van der Waals surface area contributed by atoms with Crippen LogP contribution in [0.4, 0.5) is 0 Å². The zero-order valence-electron chi connectivity index (χ0n) is 11.8. The SMILES string of the molecule is CCCCCCCCNCCC1CCNCC1. The topological polar surface area (TPSA) is 24.1 Å². The van der Waals surface area contributed by atoms with Crippen molar-refractivity contribution in [3.8, 4) is 0 Å². The summed E-state index contributed by atoms with van der Waals surface area (Å²) in [5, 5.41) is 7.03. The Labute approximate surface area is 108 Å². The molecule has 0 spiro atoms. The van der Waals surface area contributed by atoms with Crippen molar-refractivity contribution in [2.24, 2.45) is 5.92 Å². The third-order valence-corrected chi connectivity index (χ3v) is 3.90. The predicted molar refractivity (Wildman–Crippen MR) is 76.5 cm³/mol. The molecule has 2 heteroatoms. The summed E-state index contributed by atoms with van der Waals surface area (Å²) in [4.78, 5) is 0. The average Bonchev–Trinajstić information content (AvgIpc) is 2.38. The van der Waals surface area contributed by atoms with Crippen molar-refractivity contribution in [3.63, 3.8) is 0 Å². The van der Waals surface area contributed by atoms with E-state index in [4.69, 9.17) is 0 Å². The number of unbranched alkanes of at least 4 members (excludes halogenated alkanes) is 5. The van der Waals surface area contributed by atoms with Crippen molar-refractivity contribution >= 4 is 0 Å². The van der Waals surface area contributed by atoms with Gasteiger partial charge in [0.15, 0.2) is 0 Å². The van der Waals surface area contributed by atoms with Crippen LogP contribution in [0.5, 0.6) is 0 Å². The first-order valence-corrected chi connectivity index (χ1v) is 7.85. The Bertz CT molecular complexity index is 153. The van der Waals surface area contributed by atoms with Crippen LogP contribution in [0.2, 0.25) is 0 Å². The minimum absolute atomic E-state index is 0.980. The van der Waals surface area contributed by atoms with Crippen LogP contribution in [0.15, 0.2) is 0 Å². The molecule has 0 aromatic carbocycles. The Morgan fingerprint density at radius 3 is 2.41 bits per heavy atom. The molecule has 0 aliphatic carbocycles. The number of nitrogens with one attached hydrogen (secondary N) is 2. The molecule has 1 fully saturated rings. The zero-order chi connectivity index (χ0) is 12.2. The van der Waals surface area contributed by atoms with Crippen molar-refractivity contribution in [2.45, 2.75) is 64.7 Å². The van der Waals surface area contributed by atoms with Gasteiger partial charge >= 0.3 is 0 Å². The third-order valence-electron chi connectivity index (χ3n) is 3.90. The molecule has 0 aromatic rings. The molecule has 0 radical (unpaired) electrons. The fourth-order valence-electron chi connectivity index (χ4n) is 2.63. The van der Waals surface area contributed by atoms with Gasteiger partial charge in [-0.15, -0.1) is 0 Å². The highest BCUT2D eigenvalue weighted by atomic mass is 14.9. The van der Waals surface area contributed by atoms with E-state index in [9.17, 15) is 0 Å². The Kier molecular flexibility index (Phi) is 9.72. The van der Waals surface area contributed by atoms with Gasteiger partial charge < -0.3 is 10.6 Å². The van der Waals surface area contributed by atoms with Gasteiger partial charge in [0.2, 0.25) is 0 Å². The predicted octanol–water partition coefficient (Wildman–Crippen LogP) is 3.33. The van der Waals surface area contributed by atoms with E-state index in [-0.39, 0.29) is 0 Å². The highest BCUT2D eigenvalue weighted by Gasteiger charge is 2.11.